The highest BCUT2D eigenvalue weighted by molar-refractivity contribution is 9.10. The Bertz CT molecular complexity index is 958. The first-order valence-electron chi connectivity index (χ1n) is 8.59. The molecular formula is C20H25BrN2O3S. The number of sulfonamides is 1. The largest absolute Gasteiger partial charge is 0.348 e. The van der Waals surface area contributed by atoms with E-state index in [1.807, 2.05) is 20.8 Å². The molecule has 146 valence electrons. The topological polar surface area (TPSA) is 66.5 Å². The highest BCUT2D eigenvalue weighted by Crippen LogP contribution is 2.23. The first kappa shape index (κ1) is 21.4. The SMILES string of the molecule is Cc1cc(C)c([C@H](C)NC(=O)CN(c2cccc(Br)c2)S(C)(=O)=O)cc1C. The third-order valence-electron chi connectivity index (χ3n) is 4.51. The summed E-state index contributed by atoms with van der Waals surface area (Å²) in [7, 11) is -3.60. The van der Waals surface area contributed by atoms with E-state index in [1.54, 1.807) is 24.3 Å². The normalized spacial score (nSPS) is 12.5. The standard InChI is InChI=1S/C20H25BrN2O3S/c1-13-9-15(3)19(10-14(13)2)16(4)22-20(24)12-23(27(5,25)26)18-8-6-7-17(21)11-18/h6-11,16H,12H2,1-5H3,(H,22,24)/t16-/m0/s1. The van der Waals surface area contributed by atoms with E-state index in [2.05, 4.69) is 40.3 Å². The first-order valence-corrected chi connectivity index (χ1v) is 11.2. The molecule has 0 aromatic heterocycles. The molecule has 0 unspecified atom stereocenters. The van der Waals surface area contributed by atoms with E-state index in [9.17, 15) is 13.2 Å². The molecule has 0 heterocycles. The van der Waals surface area contributed by atoms with Gasteiger partial charge in [-0.1, -0.05) is 34.1 Å². The van der Waals surface area contributed by atoms with Crippen LogP contribution in [0.15, 0.2) is 40.9 Å². The van der Waals surface area contributed by atoms with Crippen LogP contribution in [0.1, 0.15) is 35.2 Å². The highest BCUT2D eigenvalue weighted by Gasteiger charge is 2.22. The third kappa shape index (κ3) is 5.56. The molecule has 0 aliphatic carbocycles. The number of rotatable bonds is 6. The number of carbonyl (C=O) groups is 1. The number of benzene rings is 2. The maximum atomic E-state index is 12.6. The van der Waals surface area contributed by atoms with Crippen LogP contribution < -0.4 is 9.62 Å². The summed E-state index contributed by atoms with van der Waals surface area (Å²) in [5.41, 5.74) is 4.92. The molecule has 1 amide bonds. The first-order chi connectivity index (χ1) is 12.5. The van der Waals surface area contributed by atoms with Crippen molar-refractivity contribution in [2.75, 3.05) is 17.1 Å². The zero-order valence-electron chi connectivity index (χ0n) is 16.2. The quantitative estimate of drug-likeness (QED) is 0.719. The van der Waals surface area contributed by atoms with Gasteiger partial charge in [-0.05, 0) is 68.1 Å². The number of hydrogen-bond acceptors (Lipinski definition) is 3. The Balaban J connectivity index is 2.20. The van der Waals surface area contributed by atoms with Gasteiger partial charge in [-0.3, -0.25) is 9.10 Å². The summed E-state index contributed by atoms with van der Waals surface area (Å²) in [6, 6.07) is 10.8. The molecule has 1 atom stereocenters. The second-order valence-electron chi connectivity index (χ2n) is 6.83. The molecule has 2 aromatic rings. The van der Waals surface area contributed by atoms with Gasteiger partial charge in [-0.15, -0.1) is 0 Å². The van der Waals surface area contributed by atoms with Crippen LogP contribution in [0.25, 0.3) is 0 Å². The van der Waals surface area contributed by atoms with Gasteiger partial charge in [0.1, 0.15) is 6.54 Å². The van der Waals surface area contributed by atoms with Crippen LogP contribution in [-0.2, 0) is 14.8 Å². The van der Waals surface area contributed by atoms with E-state index in [1.165, 1.54) is 5.56 Å². The molecule has 1 N–H and O–H groups in total. The van der Waals surface area contributed by atoms with Crippen molar-refractivity contribution >= 4 is 37.5 Å². The maximum Gasteiger partial charge on any atom is 0.241 e. The number of nitrogens with one attached hydrogen (secondary N) is 1. The second kappa shape index (κ2) is 8.44. The predicted molar refractivity (Wildman–Crippen MR) is 114 cm³/mol. The molecule has 5 nitrogen and oxygen atoms in total. The van der Waals surface area contributed by atoms with Gasteiger partial charge in [0.25, 0.3) is 0 Å². The Hall–Kier alpha value is -1.86. The third-order valence-corrected chi connectivity index (χ3v) is 6.14. The maximum absolute atomic E-state index is 12.6. The summed E-state index contributed by atoms with van der Waals surface area (Å²) in [5.74, 6) is -0.356. The van der Waals surface area contributed by atoms with Gasteiger partial charge >= 0.3 is 0 Å². The van der Waals surface area contributed by atoms with Gasteiger partial charge < -0.3 is 5.32 Å². The fourth-order valence-corrected chi connectivity index (χ4v) is 4.21. The minimum Gasteiger partial charge on any atom is -0.348 e. The molecule has 0 fully saturated rings. The van der Waals surface area contributed by atoms with E-state index in [4.69, 9.17) is 0 Å². The van der Waals surface area contributed by atoms with Crippen molar-refractivity contribution in [2.45, 2.75) is 33.7 Å². The number of aryl methyl sites for hydroxylation is 3. The number of anilines is 1. The van der Waals surface area contributed by atoms with Gasteiger partial charge in [0.05, 0.1) is 18.0 Å². The molecular weight excluding hydrogens is 428 g/mol. The second-order valence-corrected chi connectivity index (χ2v) is 9.65. The molecule has 0 spiro atoms. The van der Waals surface area contributed by atoms with Gasteiger partial charge in [-0.2, -0.15) is 0 Å². The van der Waals surface area contributed by atoms with E-state index in [0.29, 0.717) is 5.69 Å². The zero-order valence-corrected chi connectivity index (χ0v) is 18.6. The van der Waals surface area contributed by atoms with E-state index in [0.717, 1.165) is 31.7 Å². The lowest BCUT2D eigenvalue weighted by Crippen LogP contribution is -2.41. The molecule has 7 heteroatoms. The van der Waals surface area contributed by atoms with Crippen LogP contribution in [0.2, 0.25) is 0 Å². The zero-order chi connectivity index (χ0) is 20.4. The van der Waals surface area contributed by atoms with Crippen molar-refractivity contribution in [3.63, 3.8) is 0 Å². The average Bonchev–Trinajstić information content (AvgIpc) is 2.54. The van der Waals surface area contributed by atoms with Gasteiger partial charge in [0.15, 0.2) is 0 Å². The monoisotopic (exact) mass is 452 g/mol. The van der Waals surface area contributed by atoms with Crippen molar-refractivity contribution < 1.29 is 13.2 Å². The molecule has 27 heavy (non-hydrogen) atoms. The molecule has 2 aromatic carbocycles. The van der Waals surface area contributed by atoms with Crippen molar-refractivity contribution in [1.29, 1.82) is 0 Å². The summed E-state index contributed by atoms with van der Waals surface area (Å²) < 4.78 is 26.3. The molecule has 0 saturated carbocycles. The van der Waals surface area contributed by atoms with Gasteiger partial charge in [-0.25, -0.2) is 8.42 Å². The Morgan fingerprint density at radius 2 is 1.74 bits per heavy atom. The van der Waals surface area contributed by atoms with E-state index < -0.39 is 10.0 Å². The number of carbonyl (C=O) groups excluding carboxylic acids is 1. The lowest BCUT2D eigenvalue weighted by atomic mass is 9.96. The molecule has 2 rings (SSSR count). The number of nitrogens with zero attached hydrogens (tertiary/aromatic N) is 1. The minimum absolute atomic E-state index is 0.222. The van der Waals surface area contributed by atoms with Crippen molar-refractivity contribution in [2.24, 2.45) is 0 Å². The molecule has 0 aliphatic heterocycles. The van der Waals surface area contributed by atoms with Crippen LogP contribution >= 0.6 is 15.9 Å². The predicted octanol–water partition coefficient (Wildman–Crippen LogP) is 4.02. The van der Waals surface area contributed by atoms with E-state index in [-0.39, 0.29) is 18.5 Å². The van der Waals surface area contributed by atoms with Crippen LogP contribution in [0.3, 0.4) is 0 Å². The number of hydrogen-bond donors (Lipinski definition) is 1. The molecule has 0 radical (unpaired) electrons. The van der Waals surface area contributed by atoms with Gasteiger partial charge in [0, 0.05) is 4.47 Å². The lowest BCUT2D eigenvalue weighted by Gasteiger charge is -2.24. The smallest absolute Gasteiger partial charge is 0.241 e. The summed E-state index contributed by atoms with van der Waals surface area (Å²) in [6.45, 7) is 7.72. The highest BCUT2D eigenvalue weighted by atomic mass is 79.9. The fraction of sp³-hybridized carbons (Fsp3) is 0.350. The number of halogens is 1. The summed E-state index contributed by atoms with van der Waals surface area (Å²) >= 11 is 3.33. The summed E-state index contributed by atoms with van der Waals surface area (Å²) in [4.78, 5) is 12.6. The minimum atomic E-state index is -3.60. The van der Waals surface area contributed by atoms with E-state index >= 15 is 0 Å². The average molecular weight is 453 g/mol. The van der Waals surface area contributed by atoms with Crippen molar-refractivity contribution in [1.82, 2.24) is 5.32 Å². The van der Waals surface area contributed by atoms with Gasteiger partial charge in [0.2, 0.25) is 15.9 Å². The van der Waals surface area contributed by atoms with Crippen LogP contribution in [0.4, 0.5) is 5.69 Å². The molecule has 0 aliphatic rings. The Labute approximate surface area is 170 Å². The Morgan fingerprint density at radius 3 is 2.33 bits per heavy atom. The number of amides is 1. The summed E-state index contributed by atoms with van der Waals surface area (Å²) in [6.07, 6.45) is 1.10. The fourth-order valence-electron chi connectivity index (χ4n) is 2.98. The van der Waals surface area contributed by atoms with Crippen molar-refractivity contribution in [3.05, 3.63) is 63.1 Å². The molecule has 0 bridgehead atoms. The van der Waals surface area contributed by atoms with Crippen molar-refractivity contribution in [3.8, 4) is 0 Å². The van der Waals surface area contributed by atoms with Crippen LogP contribution in [0, 0.1) is 20.8 Å². The Morgan fingerprint density at radius 1 is 1.11 bits per heavy atom. The van der Waals surface area contributed by atoms with Crippen LogP contribution in [-0.4, -0.2) is 27.1 Å². The summed E-state index contributed by atoms with van der Waals surface area (Å²) in [5, 5.41) is 2.91. The lowest BCUT2D eigenvalue weighted by molar-refractivity contribution is -0.120. The Kier molecular flexibility index (Phi) is 6.70. The molecule has 0 saturated heterocycles. The van der Waals surface area contributed by atoms with Crippen LogP contribution in [0.5, 0.6) is 0 Å².